The fraction of sp³-hybridized carbons (Fsp3) is 0. The summed E-state index contributed by atoms with van der Waals surface area (Å²) in [7, 11) is 0. The first-order valence-corrected chi connectivity index (χ1v) is 5.42. The first-order valence-electron chi connectivity index (χ1n) is 4.65. The Labute approximate surface area is 98.4 Å². The van der Waals surface area contributed by atoms with Crippen LogP contribution in [0, 0.1) is 10.1 Å². The molecule has 2 aromatic heterocycles. The molecule has 0 saturated carbocycles. The van der Waals surface area contributed by atoms with Gasteiger partial charge >= 0.3 is 0 Å². The highest BCUT2D eigenvalue weighted by Crippen LogP contribution is 2.32. The van der Waals surface area contributed by atoms with Crippen LogP contribution in [0.2, 0.25) is 0 Å². The minimum absolute atomic E-state index is 0.0275. The molecule has 3 rings (SSSR count). The van der Waals surface area contributed by atoms with Crippen LogP contribution in [0.15, 0.2) is 24.5 Å². The molecule has 84 valence electrons. The van der Waals surface area contributed by atoms with Gasteiger partial charge in [0.15, 0.2) is 0 Å². The van der Waals surface area contributed by atoms with Gasteiger partial charge in [-0.05, 0) is 17.6 Å². The van der Waals surface area contributed by atoms with Gasteiger partial charge in [0.25, 0.3) is 5.69 Å². The van der Waals surface area contributed by atoms with Crippen molar-refractivity contribution in [2.75, 3.05) is 0 Å². The molecule has 1 aromatic carbocycles. The van der Waals surface area contributed by atoms with Gasteiger partial charge in [-0.15, -0.1) is 5.10 Å². The third-order valence-electron chi connectivity index (χ3n) is 2.38. The van der Waals surface area contributed by atoms with Crippen molar-refractivity contribution in [1.82, 2.24) is 19.8 Å². The molecule has 0 atom stereocenters. The van der Waals surface area contributed by atoms with E-state index in [1.165, 1.54) is 23.8 Å². The number of nitro groups is 1. The van der Waals surface area contributed by atoms with E-state index < -0.39 is 4.92 Å². The van der Waals surface area contributed by atoms with E-state index in [9.17, 15) is 10.1 Å². The van der Waals surface area contributed by atoms with Gasteiger partial charge in [0.05, 0.1) is 33.1 Å². The lowest BCUT2D eigenvalue weighted by Crippen LogP contribution is -1.89. The Morgan fingerprint density at radius 2 is 2.24 bits per heavy atom. The number of aromatic amines is 1. The summed E-state index contributed by atoms with van der Waals surface area (Å²) < 4.78 is 3.74. The summed E-state index contributed by atoms with van der Waals surface area (Å²) in [5, 5.41) is 21.7. The molecule has 3 aromatic rings. The van der Waals surface area contributed by atoms with Gasteiger partial charge in [0.1, 0.15) is 0 Å². The molecule has 0 amide bonds. The molecule has 0 aliphatic carbocycles. The van der Waals surface area contributed by atoms with Crippen LogP contribution in [0.4, 0.5) is 5.69 Å². The lowest BCUT2D eigenvalue weighted by molar-refractivity contribution is -0.383. The lowest BCUT2D eigenvalue weighted by Gasteiger charge is -1.98. The predicted octanol–water partition coefficient (Wildman–Crippen LogP) is 1.99. The molecule has 0 radical (unpaired) electrons. The SMILES string of the molecule is O=[N+]([O-])c1cc(-c2cnns2)cc2[nH]ncc12. The summed E-state index contributed by atoms with van der Waals surface area (Å²) in [6, 6.07) is 3.30. The molecule has 1 N–H and O–H groups in total. The average Bonchev–Trinajstić information content (AvgIpc) is 2.98. The Hall–Kier alpha value is -2.35. The standard InChI is InChI=1S/C9H5N5O2S/c15-14(16)8-2-5(9-4-11-13-17-9)1-7-6(8)3-10-12-7/h1-4H,(H,10,12). The Bertz CT molecular complexity index is 691. The van der Waals surface area contributed by atoms with E-state index in [2.05, 4.69) is 19.8 Å². The maximum absolute atomic E-state index is 11.0. The summed E-state index contributed by atoms with van der Waals surface area (Å²) in [5.74, 6) is 0. The summed E-state index contributed by atoms with van der Waals surface area (Å²) in [5.41, 5.74) is 1.37. The Morgan fingerprint density at radius 3 is 2.94 bits per heavy atom. The molecule has 2 heterocycles. The van der Waals surface area contributed by atoms with Crippen LogP contribution >= 0.6 is 11.5 Å². The van der Waals surface area contributed by atoms with E-state index in [4.69, 9.17) is 0 Å². The van der Waals surface area contributed by atoms with Crippen molar-refractivity contribution >= 4 is 28.1 Å². The molecule has 0 aliphatic heterocycles. The van der Waals surface area contributed by atoms with Crippen LogP contribution in [0.1, 0.15) is 0 Å². The first-order chi connectivity index (χ1) is 8.25. The molecule has 17 heavy (non-hydrogen) atoms. The summed E-state index contributed by atoms with van der Waals surface area (Å²) in [6.07, 6.45) is 3.02. The minimum Gasteiger partial charge on any atom is -0.278 e. The van der Waals surface area contributed by atoms with E-state index >= 15 is 0 Å². The van der Waals surface area contributed by atoms with Gasteiger partial charge in [-0.3, -0.25) is 15.2 Å². The van der Waals surface area contributed by atoms with E-state index in [0.717, 1.165) is 4.88 Å². The number of fused-ring (bicyclic) bond motifs is 1. The summed E-state index contributed by atoms with van der Waals surface area (Å²) >= 11 is 1.19. The second-order valence-electron chi connectivity index (χ2n) is 3.37. The summed E-state index contributed by atoms with van der Waals surface area (Å²) in [6.45, 7) is 0. The quantitative estimate of drug-likeness (QED) is 0.551. The molecule has 0 fully saturated rings. The fourth-order valence-electron chi connectivity index (χ4n) is 1.62. The molecule has 0 saturated heterocycles. The van der Waals surface area contributed by atoms with E-state index in [-0.39, 0.29) is 5.69 Å². The van der Waals surface area contributed by atoms with Gasteiger partial charge in [-0.2, -0.15) is 5.10 Å². The topological polar surface area (TPSA) is 97.6 Å². The zero-order chi connectivity index (χ0) is 11.8. The van der Waals surface area contributed by atoms with Crippen LogP contribution in [-0.4, -0.2) is 24.7 Å². The van der Waals surface area contributed by atoms with Crippen molar-refractivity contribution in [3.05, 3.63) is 34.6 Å². The number of benzene rings is 1. The number of hydrogen-bond acceptors (Lipinski definition) is 6. The lowest BCUT2D eigenvalue weighted by atomic mass is 10.1. The Kier molecular flexibility index (Phi) is 2.08. The van der Waals surface area contributed by atoms with Gasteiger partial charge in [0.2, 0.25) is 0 Å². The number of H-pyrrole nitrogens is 1. The van der Waals surface area contributed by atoms with Crippen molar-refractivity contribution in [3.8, 4) is 10.4 Å². The zero-order valence-electron chi connectivity index (χ0n) is 8.32. The van der Waals surface area contributed by atoms with E-state index in [0.29, 0.717) is 16.5 Å². The first kappa shape index (κ1) is 9.85. The smallest absolute Gasteiger partial charge is 0.278 e. The second-order valence-corrected chi connectivity index (χ2v) is 4.15. The van der Waals surface area contributed by atoms with Crippen molar-refractivity contribution in [2.24, 2.45) is 0 Å². The van der Waals surface area contributed by atoms with Crippen molar-refractivity contribution in [1.29, 1.82) is 0 Å². The predicted molar refractivity (Wildman–Crippen MR) is 61.7 cm³/mol. The van der Waals surface area contributed by atoms with E-state index in [1.54, 1.807) is 12.3 Å². The number of nitro benzene ring substituents is 1. The van der Waals surface area contributed by atoms with Crippen LogP contribution in [0.25, 0.3) is 21.3 Å². The molecule has 0 aliphatic rings. The second kappa shape index (κ2) is 3.59. The van der Waals surface area contributed by atoms with Crippen LogP contribution < -0.4 is 0 Å². The van der Waals surface area contributed by atoms with Crippen molar-refractivity contribution < 1.29 is 4.92 Å². The molecule has 0 spiro atoms. The number of nitrogens with one attached hydrogen (secondary N) is 1. The molecule has 0 bridgehead atoms. The van der Waals surface area contributed by atoms with Crippen LogP contribution in [-0.2, 0) is 0 Å². The van der Waals surface area contributed by atoms with Crippen LogP contribution in [0.3, 0.4) is 0 Å². The zero-order valence-corrected chi connectivity index (χ0v) is 9.14. The number of hydrogen-bond donors (Lipinski definition) is 1. The van der Waals surface area contributed by atoms with Gasteiger partial charge in [-0.25, -0.2) is 0 Å². The van der Waals surface area contributed by atoms with Crippen molar-refractivity contribution in [2.45, 2.75) is 0 Å². The highest BCUT2D eigenvalue weighted by Gasteiger charge is 2.16. The maximum atomic E-state index is 11.0. The third-order valence-corrected chi connectivity index (χ3v) is 3.09. The van der Waals surface area contributed by atoms with E-state index in [1.807, 2.05) is 0 Å². The normalized spacial score (nSPS) is 10.8. The molecule has 7 nitrogen and oxygen atoms in total. The average molecular weight is 247 g/mol. The number of nitrogens with zero attached hydrogens (tertiary/aromatic N) is 4. The third kappa shape index (κ3) is 1.54. The molecular formula is C9H5N5O2S. The highest BCUT2D eigenvalue weighted by atomic mass is 32.1. The molecule has 8 heteroatoms. The number of non-ortho nitro benzene ring substituents is 1. The fourth-order valence-corrected chi connectivity index (χ4v) is 2.12. The number of aromatic nitrogens is 4. The van der Waals surface area contributed by atoms with Crippen LogP contribution in [0.5, 0.6) is 0 Å². The number of rotatable bonds is 2. The van der Waals surface area contributed by atoms with Gasteiger partial charge in [0, 0.05) is 11.6 Å². The van der Waals surface area contributed by atoms with Gasteiger partial charge < -0.3 is 0 Å². The molecule has 0 unspecified atom stereocenters. The Morgan fingerprint density at radius 1 is 1.35 bits per heavy atom. The minimum atomic E-state index is -0.421. The van der Waals surface area contributed by atoms with Gasteiger partial charge in [-0.1, -0.05) is 4.49 Å². The largest absolute Gasteiger partial charge is 0.281 e. The van der Waals surface area contributed by atoms with Crippen molar-refractivity contribution in [3.63, 3.8) is 0 Å². The summed E-state index contributed by atoms with van der Waals surface area (Å²) in [4.78, 5) is 11.3. The maximum Gasteiger partial charge on any atom is 0.281 e. The monoisotopic (exact) mass is 247 g/mol. The Balaban J connectivity index is 2.31. The highest BCUT2D eigenvalue weighted by molar-refractivity contribution is 7.09. The molecular weight excluding hydrogens is 242 g/mol.